The Kier molecular flexibility index (Phi) is 5.53. The SMILES string of the molecule is C[C@@H](SCc1ccc(Cl)cc1)C(=O)Nc1ccc2c(c1)OCCO2. The Morgan fingerprint density at radius 1 is 1.17 bits per heavy atom. The fourth-order valence-corrected chi connectivity index (χ4v) is 3.21. The average molecular weight is 364 g/mol. The second-order valence-electron chi connectivity index (χ2n) is 5.43. The first-order valence-electron chi connectivity index (χ1n) is 7.68. The number of nitrogens with one attached hydrogen (secondary N) is 1. The van der Waals surface area contributed by atoms with E-state index in [1.165, 1.54) is 0 Å². The predicted octanol–water partition coefficient (Wildman–Crippen LogP) is 4.37. The summed E-state index contributed by atoms with van der Waals surface area (Å²) in [5.41, 5.74) is 1.85. The molecular weight excluding hydrogens is 346 g/mol. The third kappa shape index (κ3) is 4.36. The minimum absolute atomic E-state index is 0.0364. The third-order valence-electron chi connectivity index (χ3n) is 3.59. The minimum atomic E-state index is -0.172. The maximum Gasteiger partial charge on any atom is 0.237 e. The van der Waals surface area contributed by atoms with Crippen LogP contribution in [0.2, 0.25) is 5.02 Å². The van der Waals surface area contributed by atoms with Crippen LogP contribution in [0.25, 0.3) is 0 Å². The lowest BCUT2D eigenvalue weighted by molar-refractivity contribution is -0.115. The molecule has 2 aromatic carbocycles. The van der Waals surface area contributed by atoms with Gasteiger partial charge in [0, 0.05) is 22.5 Å². The summed E-state index contributed by atoms with van der Waals surface area (Å²) in [5, 5.41) is 3.46. The summed E-state index contributed by atoms with van der Waals surface area (Å²) in [4.78, 5) is 12.3. The van der Waals surface area contributed by atoms with E-state index in [2.05, 4.69) is 5.32 Å². The van der Waals surface area contributed by atoms with Crippen LogP contribution in [0, 0.1) is 0 Å². The van der Waals surface area contributed by atoms with Gasteiger partial charge in [-0.1, -0.05) is 23.7 Å². The largest absolute Gasteiger partial charge is 0.486 e. The van der Waals surface area contributed by atoms with E-state index in [0.29, 0.717) is 35.4 Å². The van der Waals surface area contributed by atoms with Crippen molar-refractivity contribution in [3.8, 4) is 11.5 Å². The molecule has 0 fully saturated rings. The van der Waals surface area contributed by atoms with E-state index in [1.54, 1.807) is 17.8 Å². The average Bonchev–Trinajstić information content (AvgIpc) is 2.61. The molecule has 1 N–H and O–H groups in total. The van der Waals surface area contributed by atoms with Crippen molar-refractivity contribution in [1.82, 2.24) is 0 Å². The summed E-state index contributed by atoms with van der Waals surface area (Å²) in [5.74, 6) is 2.10. The standard InChI is InChI=1S/C18H18ClNO3S/c1-12(24-11-13-2-4-14(19)5-3-13)18(21)20-15-6-7-16-17(10-15)23-9-8-22-16/h2-7,10,12H,8-9,11H2,1H3,(H,20,21)/t12-/m1/s1. The van der Waals surface area contributed by atoms with Gasteiger partial charge in [0.25, 0.3) is 0 Å². The Labute approximate surface area is 150 Å². The van der Waals surface area contributed by atoms with Gasteiger partial charge < -0.3 is 14.8 Å². The highest BCUT2D eigenvalue weighted by Gasteiger charge is 2.16. The molecule has 0 saturated heterocycles. The lowest BCUT2D eigenvalue weighted by Gasteiger charge is -2.19. The number of rotatable bonds is 5. The highest BCUT2D eigenvalue weighted by molar-refractivity contribution is 7.99. The van der Waals surface area contributed by atoms with Crippen LogP contribution in [0.4, 0.5) is 5.69 Å². The molecule has 126 valence electrons. The van der Waals surface area contributed by atoms with Crippen molar-refractivity contribution in [1.29, 1.82) is 0 Å². The summed E-state index contributed by atoms with van der Waals surface area (Å²) in [6, 6.07) is 13.1. The zero-order valence-corrected chi connectivity index (χ0v) is 14.8. The van der Waals surface area contributed by atoms with Crippen LogP contribution in [0.5, 0.6) is 11.5 Å². The maximum atomic E-state index is 12.3. The number of hydrogen-bond acceptors (Lipinski definition) is 4. The van der Waals surface area contributed by atoms with Crippen LogP contribution in [0.3, 0.4) is 0 Å². The van der Waals surface area contributed by atoms with E-state index >= 15 is 0 Å². The molecular formula is C18H18ClNO3S. The maximum absolute atomic E-state index is 12.3. The Morgan fingerprint density at radius 2 is 1.88 bits per heavy atom. The Balaban J connectivity index is 1.55. The number of amides is 1. The molecule has 1 aliphatic heterocycles. The van der Waals surface area contributed by atoms with Crippen molar-refractivity contribution in [2.45, 2.75) is 17.9 Å². The lowest BCUT2D eigenvalue weighted by atomic mass is 10.2. The van der Waals surface area contributed by atoms with Crippen LogP contribution >= 0.6 is 23.4 Å². The topological polar surface area (TPSA) is 47.6 Å². The van der Waals surface area contributed by atoms with Gasteiger partial charge in [-0.15, -0.1) is 11.8 Å². The normalized spacial score (nSPS) is 14.1. The Hall–Kier alpha value is -1.85. The fourth-order valence-electron chi connectivity index (χ4n) is 2.24. The van der Waals surface area contributed by atoms with Gasteiger partial charge >= 0.3 is 0 Å². The molecule has 0 radical (unpaired) electrons. The second kappa shape index (κ2) is 7.81. The van der Waals surface area contributed by atoms with E-state index in [4.69, 9.17) is 21.1 Å². The number of benzene rings is 2. The molecule has 4 nitrogen and oxygen atoms in total. The molecule has 24 heavy (non-hydrogen) atoms. The molecule has 0 aromatic heterocycles. The molecule has 0 unspecified atom stereocenters. The summed E-state index contributed by atoms with van der Waals surface area (Å²) in [7, 11) is 0. The van der Waals surface area contributed by atoms with Gasteiger partial charge in [-0.3, -0.25) is 4.79 Å². The van der Waals surface area contributed by atoms with Gasteiger partial charge in [0.15, 0.2) is 11.5 Å². The molecule has 0 bridgehead atoms. The van der Waals surface area contributed by atoms with E-state index in [9.17, 15) is 4.79 Å². The van der Waals surface area contributed by atoms with Gasteiger partial charge in [0.2, 0.25) is 5.91 Å². The van der Waals surface area contributed by atoms with E-state index in [0.717, 1.165) is 11.3 Å². The number of carbonyl (C=O) groups is 1. The summed E-state index contributed by atoms with van der Waals surface area (Å²) >= 11 is 7.46. The van der Waals surface area contributed by atoms with Crippen molar-refractivity contribution < 1.29 is 14.3 Å². The van der Waals surface area contributed by atoms with Gasteiger partial charge in [-0.05, 0) is 36.8 Å². The van der Waals surface area contributed by atoms with Gasteiger partial charge in [-0.25, -0.2) is 0 Å². The minimum Gasteiger partial charge on any atom is -0.486 e. The third-order valence-corrected chi connectivity index (χ3v) is 5.06. The smallest absolute Gasteiger partial charge is 0.237 e. The van der Waals surface area contributed by atoms with Crippen LogP contribution in [-0.2, 0) is 10.5 Å². The molecule has 0 aliphatic carbocycles. The molecule has 2 aromatic rings. The monoisotopic (exact) mass is 363 g/mol. The number of carbonyl (C=O) groups excluding carboxylic acids is 1. The number of ether oxygens (including phenoxy) is 2. The number of fused-ring (bicyclic) bond motifs is 1. The quantitative estimate of drug-likeness (QED) is 0.856. The summed E-state index contributed by atoms with van der Waals surface area (Å²) < 4.78 is 11.0. The van der Waals surface area contributed by atoms with Crippen LogP contribution < -0.4 is 14.8 Å². The summed E-state index contributed by atoms with van der Waals surface area (Å²) in [6.07, 6.45) is 0. The van der Waals surface area contributed by atoms with Gasteiger partial charge in [0.1, 0.15) is 13.2 Å². The number of hydrogen-bond donors (Lipinski definition) is 1. The zero-order valence-electron chi connectivity index (χ0n) is 13.3. The highest BCUT2D eigenvalue weighted by atomic mass is 35.5. The molecule has 1 heterocycles. The van der Waals surface area contributed by atoms with Crippen LogP contribution in [0.15, 0.2) is 42.5 Å². The molecule has 6 heteroatoms. The zero-order chi connectivity index (χ0) is 16.9. The van der Waals surface area contributed by atoms with Crippen molar-refractivity contribution in [2.75, 3.05) is 18.5 Å². The van der Waals surface area contributed by atoms with Crippen molar-refractivity contribution in [2.24, 2.45) is 0 Å². The first kappa shape index (κ1) is 17.0. The van der Waals surface area contributed by atoms with Crippen LogP contribution in [-0.4, -0.2) is 24.4 Å². The molecule has 3 rings (SSSR count). The lowest BCUT2D eigenvalue weighted by Crippen LogP contribution is -2.23. The number of halogens is 1. The number of anilines is 1. The van der Waals surface area contributed by atoms with Gasteiger partial charge in [0.05, 0.1) is 5.25 Å². The van der Waals surface area contributed by atoms with E-state index in [-0.39, 0.29) is 11.2 Å². The van der Waals surface area contributed by atoms with Crippen LogP contribution in [0.1, 0.15) is 12.5 Å². The van der Waals surface area contributed by atoms with Crippen molar-refractivity contribution in [3.63, 3.8) is 0 Å². The number of thioether (sulfide) groups is 1. The van der Waals surface area contributed by atoms with Crippen molar-refractivity contribution >= 4 is 35.0 Å². The van der Waals surface area contributed by atoms with Gasteiger partial charge in [-0.2, -0.15) is 0 Å². The summed E-state index contributed by atoms with van der Waals surface area (Å²) in [6.45, 7) is 2.97. The molecule has 1 amide bonds. The molecule has 0 spiro atoms. The first-order chi connectivity index (χ1) is 11.6. The Bertz CT molecular complexity index is 721. The first-order valence-corrected chi connectivity index (χ1v) is 9.11. The molecule has 0 saturated carbocycles. The molecule has 1 aliphatic rings. The molecule has 1 atom stereocenters. The predicted molar refractivity (Wildman–Crippen MR) is 98.3 cm³/mol. The van der Waals surface area contributed by atoms with E-state index < -0.39 is 0 Å². The second-order valence-corrected chi connectivity index (χ2v) is 7.19. The van der Waals surface area contributed by atoms with Crippen molar-refractivity contribution in [3.05, 3.63) is 53.1 Å². The Morgan fingerprint density at radius 3 is 2.62 bits per heavy atom. The van der Waals surface area contributed by atoms with E-state index in [1.807, 2.05) is 43.3 Å². The fraction of sp³-hybridized carbons (Fsp3) is 0.278. The highest BCUT2D eigenvalue weighted by Crippen LogP contribution is 2.32.